The van der Waals surface area contributed by atoms with E-state index < -0.39 is 6.09 Å². The highest BCUT2D eigenvalue weighted by Crippen LogP contribution is 2.14. The average molecular weight is 373 g/mol. The zero-order valence-electron chi connectivity index (χ0n) is 13.5. The number of nitrogens with zero attached hydrogens (tertiary/aromatic N) is 1. The van der Waals surface area contributed by atoms with Crippen molar-refractivity contribution in [3.63, 3.8) is 0 Å². The maximum Gasteiger partial charge on any atom is 0.407 e. The fourth-order valence-corrected chi connectivity index (χ4v) is 2.88. The first-order valence-corrected chi connectivity index (χ1v) is 9.01. The van der Waals surface area contributed by atoms with E-state index in [1.165, 1.54) is 0 Å². The van der Waals surface area contributed by atoms with E-state index in [0.717, 1.165) is 18.4 Å². The van der Waals surface area contributed by atoms with E-state index in [2.05, 4.69) is 5.32 Å². The van der Waals surface area contributed by atoms with Gasteiger partial charge in [0.2, 0.25) is 5.91 Å². The Bertz CT molecular complexity index is 543. The van der Waals surface area contributed by atoms with Crippen LogP contribution in [-0.2, 0) is 16.0 Å². The summed E-state index contributed by atoms with van der Waals surface area (Å²) in [6.45, 7) is 1.51. The van der Waals surface area contributed by atoms with Crippen LogP contribution in [0.1, 0.15) is 24.8 Å². The summed E-state index contributed by atoms with van der Waals surface area (Å²) in [4.78, 5) is 25.6. The van der Waals surface area contributed by atoms with Gasteiger partial charge >= 0.3 is 6.09 Å². The van der Waals surface area contributed by atoms with Crippen LogP contribution in [0.4, 0.5) is 4.79 Å². The van der Waals surface area contributed by atoms with Crippen molar-refractivity contribution in [2.24, 2.45) is 0 Å². The summed E-state index contributed by atoms with van der Waals surface area (Å²) in [6, 6.07) is 7.60. The summed E-state index contributed by atoms with van der Waals surface area (Å²) in [5.41, 5.74) is 1.10. The molecule has 0 atom stereocenters. The number of rotatable bonds is 6. The van der Waals surface area contributed by atoms with E-state index in [1.807, 2.05) is 29.2 Å². The zero-order chi connectivity index (χ0) is 17.4. The van der Waals surface area contributed by atoms with Gasteiger partial charge in [-0.2, -0.15) is 0 Å². The summed E-state index contributed by atoms with van der Waals surface area (Å²) in [5, 5.41) is 3.50. The van der Waals surface area contributed by atoms with E-state index >= 15 is 0 Å². The molecular weight excluding hydrogens is 351 g/mol. The fraction of sp³-hybridized carbons (Fsp3) is 0.529. The fourth-order valence-electron chi connectivity index (χ4n) is 2.67. The molecule has 24 heavy (non-hydrogen) atoms. The summed E-state index contributed by atoms with van der Waals surface area (Å²) in [7, 11) is 0. The molecule has 1 aromatic carbocycles. The van der Waals surface area contributed by atoms with Crippen LogP contribution in [0.2, 0.25) is 5.02 Å². The molecule has 7 heteroatoms. The van der Waals surface area contributed by atoms with Crippen LogP contribution in [0.5, 0.6) is 0 Å². The Labute approximate surface area is 152 Å². The number of hydrogen-bond acceptors (Lipinski definition) is 3. The second-order valence-electron chi connectivity index (χ2n) is 5.75. The first-order valence-electron chi connectivity index (χ1n) is 8.10. The van der Waals surface area contributed by atoms with E-state index in [0.29, 0.717) is 31.0 Å². The van der Waals surface area contributed by atoms with E-state index in [-0.39, 0.29) is 24.4 Å². The topological polar surface area (TPSA) is 58.6 Å². The molecule has 0 saturated carbocycles. The SMILES string of the molecule is O=C(NC1CCN(C(=O)CCc2ccc(Cl)cc2)CC1)OCCCl. The van der Waals surface area contributed by atoms with Crippen molar-refractivity contribution < 1.29 is 14.3 Å². The van der Waals surface area contributed by atoms with Crippen LogP contribution in [0, 0.1) is 0 Å². The maximum absolute atomic E-state index is 12.3. The maximum atomic E-state index is 12.3. The number of hydrogen-bond donors (Lipinski definition) is 1. The van der Waals surface area contributed by atoms with Gasteiger partial charge in [-0.25, -0.2) is 4.79 Å². The molecule has 1 aliphatic rings. The molecule has 1 aromatic rings. The Hall–Kier alpha value is -1.46. The molecule has 2 amide bonds. The van der Waals surface area contributed by atoms with E-state index in [1.54, 1.807) is 0 Å². The molecular formula is C17H22Cl2N2O3. The molecule has 5 nitrogen and oxygen atoms in total. The third-order valence-corrected chi connectivity index (χ3v) is 4.43. The minimum Gasteiger partial charge on any atom is -0.448 e. The number of halogens is 2. The van der Waals surface area contributed by atoms with Crippen molar-refractivity contribution in [2.45, 2.75) is 31.7 Å². The molecule has 0 unspecified atom stereocenters. The predicted molar refractivity (Wildman–Crippen MR) is 94.6 cm³/mol. The molecule has 1 aliphatic heterocycles. The van der Waals surface area contributed by atoms with Gasteiger partial charge in [0.05, 0.1) is 5.88 Å². The predicted octanol–water partition coefficient (Wildman–Crippen LogP) is 3.23. The van der Waals surface area contributed by atoms with Crippen LogP contribution >= 0.6 is 23.2 Å². The Kier molecular flexibility index (Phi) is 7.66. The molecule has 1 fully saturated rings. The number of benzene rings is 1. The van der Waals surface area contributed by atoms with Crippen LogP contribution in [0.3, 0.4) is 0 Å². The Balaban J connectivity index is 1.68. The number of likely N-dealkylation sites (tertiary alicyclic amines) is 1. The quantitative estimate of drug-likeness (QED) is 0.779. The minimum absolute atomic E-state index is 0.0492. The lowest BCUT2D eigenvalue weighted by molar-refractivity contribution is -0.132. The monoisotopic (exact) mass is 372 g/mol. The van der Waals surface area contributed by atoms with Crippen LogP contribution in [-0.4, -0.2) is 48.5 Å². The van der Waals surface area contributed by atoms with Gasteiger partial charge in [0.25, 0.3) is 0 Å². The van der Waals surface area contributed by atoms with Crippen molar-refractivity contribution in [2.75, 3.05) is 25.6 Å². The number of nitrogens with one attached hydrogen (secondary N) is 1. The molecule has 132 valence electrons. The van der Waals surface area contributed by atoms with Crippen molar-refractivity contribution in [1.82, 2.24) is 10.2 Å². The van der Waals surface area contributed by atoms with Gasteiger partial charge in [0, 0.05) is 30.6 Å². The van der Waals surface area contributed by atoms with E-state index in [9.17, 15) is 9.59 Å². The lowest BCUT2D eigenvalue weighted by Gasteiger charge is -2.32. The zero-order valence-corrected chi connectivity index (χ0v) is 15.0. The van der Waals surface area contributed by atoms with Crippen LogP contribution in [0.25, 0.3) is 0 Å². The molecule has 1 heterocycles. The number of carbonyl (C=O) groups excluding carboxylic acids is 2. The molecule has 0 radical (unpaired) electrons. The summed E-state index contributed by atoms with van der Waals surface area (Å²) in [5.74, 6) is 0.432. The smallest absolute Gasteiger partial charge is 0.407 e. The highest BCUT2D eigenvalue weighted by Gasteiger charge is 2.23. The number of piperidine rings is 1. The summed E-state index contributed by atoms with van der Waals surface area (Å²) < 4.78 is 4.89. The van der Waals surface area contributed by atoms with Crippen molar-refractivity contribution in [3.8, 4) is 0 Å². The molecule has 0 aromatic heterocycles. The highest BCUT2D eigenvalue weighted by molar-refractivity contribution is 6.30. The van der Waals surface area contributed by atoms with Gasteiger partial charge in [0.15, 0.2) is 0 Å². The van der Waals surface area contributed by atoms with E-state index in [4.69, 9.17) is 27.9 Å². The first-order chi connectivity index (χ1) is 11.6. The number of amides is 2. The summed E-state index contributed by atoms with van der Waals surface area (Å²) in [6.07, 6.45) is 2.23. The van der Waals surface area contributed by atoms with Crippen molar-refractivity contribution in [3.05, 3.63) is 34.9 Å². The average Bonchev–Trinajstić information content (AvgIpc) is 2.60. The first kappa shape index (κ1) is 18.9. The Morgan fingerprint density at radius 3 is 2.50 bits per heavy atom. The van der Waals surface area contributed by atoms with Gasteiger partial charge in [0.1, 0.15) is 6.61 Å². The van der Waals surface area contributed by atoms with Gasteiger partial charge in [-0.3, -0.25) is 4.79 Å². The van der Waals surface area contributed by atoms with Crippen LogP contribution in [0.15, 0.2) is 24.3 Å². The molecule has 0 spiro atoms. The van der Waals surface area contributed by atoms with Crippen LogP contribution < -0.4 is 5.32 Å². The lowest BCUT2D eigenvalue weighted by Crippen LogP contribution is -2.46. The van der Waals surface area contributed by atoms with Gasteiger partial charge in [-0.15, -0.1) is 11.6 Å². The minimum atomic E-state index is -0.442. The third kappa shape index (κ3) is 6.21. The largest absolute Gasteiger partial charge is 0.448 e. The number of aryl methyl sites for hydroxylation is 1. The molecule has 0 bridgehead atoms. The molecule has 0 aliphatic carbocycles. The number of alkyl carbamates (subject to hydrolysis) is 1. The summed E-state index contributed by atoms with van der Waals surface area (Å²) >= 11 is 11.3. The standard InChI is InChI=1S/C17H22Cl2N2O3/c18-9-12-24-17(23)20-15-7-10-21(11-8-15)16(22)6-3-13-1-4-14(19)5-2-13/h1-2,4-5,15H,3,6-12H2,(H,20,23). The second kappa shape index (κ2) is 9.74. The molecule has 2 rings (SSSR count). The number of ether oxygens (including phenoxy) is 1. The molecule has 1 saturated heterocycles. The number of alkyl halides is 1. The van der Waals surface area contributed by atoms with Gasteiger partial charge < -0.3 is 15.0 Å². The molecule has 1 N–H and O–H groups in total. The normalized spacial score (nSPS) is 15.2. The Morgan fingerprint density at radius 2 is 1.88 bits per heavy atom. The van der Waals surface area contributed by atoms with Crippen molar-refractivity contribution >= 4 is 35.2 Å². The highest BCUT2D eigenvalue weighted by atomic mass is 35.5. The van der Waals surface area contributed by atoms with Crippen molar-refractivity contribution in [1.29, 1.82) is 0 Å². The number of carbonyl (C=O) groups is 2. The third-order valence-electron chi connectivity index (χ3n) is 4.02. The van der Waals surface area contributed by atoms with Gasteiger partial charge in [-0.1, -0.05) is 23.7 Å². The van der Waals surface area contributed by atoms with Gasteiger partial charge in [-0.05, 0) is 37.0 Å². The Morgan fingerprint density at radius 1 is 1.21 bits per heavy atom. The second-order valence-corrected chi connectivity index (χ2v) is 6.57. The lowest BCUT2D eigenvalue weighted by atomic mass is 10.0.